The molecule has 0 spiro atoms. The minimum Gasteiger partial charge on any atom is -0.359 e. The maximum Gasteiger partial charge on any atom is 0.251 e. The molecule has 0 radical (unpaired) electrons. The Kier molecular flexibility index (Phi) is 3.85. The molecule has 1 N–H and O–H groups in total. The number of hydrogen-bond donors (Lipinski definition) is 1. The summed E-state index contributed by atoms with van der Waals surface area (Å²) in [6, 6.07) is 13.9. The van der Waals surface area contributed by atoms with Crippen LogP contribution in [0.5, 0.6) is 0 Å². The molecule has 0 saturated carbocycles. The highest BCUT2D eigenvalue weighted by Crippen LogP contribution is 2.21. The average molecular weight is 349 g/mol. The Hall–Kier alpha value is -3.68. The Morgan fingerprint density at radius 3 is 2.92 bits per heavy atom. The van der Waals surface area contributed by atoms with E-state index in [1.165, 1.54) is 12.1 Å². The normalized spacial score (nSPS) is 12.2. The molecule has 0 aliphatic rings. The SMILES string of the molecule is CC(NC(=O)c1ccc2c(c1)no[n+]2[O-])c1ccccc1-n1cccn1. The second-order valence-electron chi connectivity index (χ2n) is 5.84. The van der Waals surface area contributed by atoms with E-state index in [9.17, 15) is 10.0 Å². The van der Waals surface area contributed by atoms with E-state index >= 15 is 0 Å². The third-order valence-electron chi connectivity index (χ3n) is 4.15. The van der Waals surface area contributed by atoms with E-state index in [0.29, 0.717) is 16.0 Å². The number of aromatic nitrogens is 4. The van der Waals surface area contributed by atoms with Crippen LogP contribution in [0.4, 0.5) is 0 Å². The van der Waals surface area contributed by atoms with E-state index in [0.717, 1.165) is 11.3 Å². The van der Waals surface area contributed by atoms with Gasteiger partial charge in [-0.15, -0.1) is 0 Å². The predicted octanol–water partition coefficient (Wildman–Crippen LogP) is 2.14. The van der Waals surface area contributed by atoms with Crippen molar-refractivity contribution in [1.29, 1.82) is 0 Å². The van der Waals surface area contributed by atoms with Crippen molar-refractivity contribution in [3.63, 3.8) is 0 Å². The van der Waals surface area contributed by atoms with Crippen LogP contribution in [0.1, 0.15) is 28.9 Å². The van der Waals surface area contributed by atoms with E-state index in [1.807, 2.05) is 43.5 Å². The number of fused-ring (bicyclic) bond motifs is 1. The molecule has 130 valence electrons. The van der Waals surface area contributed by atoms with Crippen LogP contribution in [-0.2, 0) is 0 Å². The lowest BCUT2D eigenvalue weighted by Gasteiger charge is -2.18. The number of para-hydroxylation sites is 1. The molecule has 4 aromatic rings. The van der Waals surface area contributed by atoms with Gasteiger partial charge in [0.15, 0.2) is 0 Å². The molecule has 26 heavy (non-hydrogen) atoms. The molecule has 0 bridgehead atoms. The van der Waals surface area contributed by atoms with Gasteiger partial charge in [-0.25, -0.2) is 4.68 Å². The first kappa shape index (κ1) is 15.8. The lowest BCUT2D eigenvalue weighted by molar-refractivity contribution is -0.782. The van der Waals surface area contributed by atoms with Crippen LogP contribution < -0.4 is 10.2 Å². The summed E-state index contributed by atoms with van der Waals surface area (Å²) in [6.45, 7) is 1.90. The largest absolute Gasteiger partial charge is 0.359 e. The van der Waals surface area contributed by atoms with Gasteiger partial charge in [0.25, 0.3) is 5.91 Å². The van der Waals surface area contributed by atoms with Crippen molar-refractivity contribution in [2.45, 2.75) is 13.0 Å². The second-order valence-corrected chi connectivity index (χ2v) is 5.84. The summed E-state index contributed by atoms with van der Waals surface area (Å²) in [7, 11) is 0. The van der Waals surface area contributed by atoms with E-state index in [2.05, 4.69) is 20.2 Å². The maximum absolute atomic E-state index is 12.6. The standard InChI is InChI=1S/C18H15N5O3/c1-12(14-5-2-3-6-16(14)22-10-4-9-19-22)20-18(24)13-7-8-17-15(11-13)21-26-23(17)25/h2-12H,1H3,(H,20,24). The molecular weight excluding hydrogens is 334 g/mol. The minimum atomic E-state index is -0.268. The molecule has 0 aliphatic carbocycles. The van der Waals surface area contributed by atoms with Gasteiger partial charge < -0.3 is 10.5 Å². The maximum atomic E-state index is 12.6. The first-order chi connectivity index (χ1) is 12.6. The summed E-state index contributed by atoms with van der Waals surface area (Å²) in [5, 5.41) is 22.2. The van der Waals surface area contributed by atoms with Gasteiger partial charge in [-0.3, -0.25) is 9.42 Å². The number of amides is 1. The van der Waals surface area contributed by atoms with Gasteiger partial charge in [0.2, 0.25) is 11.0 Å². The van der Waals surface area contributed by atoms with Crippen molar-refractivity contribution >= 4 is 16.9 Å². The van der Waals surface area contributed by atoms with Gasteiger partial charge in [0.1, 0.15) is 0 Å². The van der Waals surface area contributed by atoms with Gasteiger partial charge in [-0.05, 0) is 41.7 Å². The molecule has 1 atom stereocenters. The highest BCUT2D eigenvalue weighted by Gasteiger charge is 2.18. The summed E-state index contributed by atoms with van der Waals surface area (Å²) in [4.78, 5) is 12.9. The molecule has 0 saturated heterocycles. The van der Waals surface area contributed by atoms with Crippen LogP contribution in [0, 0.1) is 5.21 Å². The van der Waals surface area contributed by atoms with E-state index in [-0.39, 0.29) is 17.5 Å². The molecule has 2 aromatic heterocycles. The molecule has 1 amide bonds. The lowest BCUT2D eigenvalue weighted by Crippen LogP contribution is -2.27. The summed E-state index contributed by atoms with van der Waals surface area (Å²) in [5.41, 5.74) is 2.83. The van der Waals surface area contributed by atoms with Crippen LogP contribution in [0.15, 0.2) is 65.6 Å². The van der Waals surface area contributed by atoms with Crippen molar-refractivity contribution in [3.8, 4) is 5.69 Å². The fraction of sp³-hybridized carbons (Fsp3) is 0.111. The highest BCUT2D eigenvalue weighted by molar-refractivity contribution is 5.97. The monoisotopic (exact) mass is 349 g/mol. The quantitative estimate of drug-likeness (QED) is 0.569. The Bertz CT molecular complexity index is 1070. The molecule has 2 heterocycles. The van der Waals surface area contributed by atoms with E-state index < -0.39 is 0 Å². The second kappa shape index (κ2) is 6.32. The lowest BCUT2D eigenvalue weighted by atomic mass is 10.1. The number of nitrogens with zero attached hydrogens (tertiary/aromatic N) is 4. The van der Waals surface area contributed by atoms with Gasteiger partial charge in [0, 0.05) is 29.2 Å². The Labute approximate surface area is 148 Å². The Balaban J connectivity index is 1.59. The van der Waals surface area contributed by atoms with Crippen molar-refractivity contribution in [2.24, 2.45) is 0 Å². The minimum absolute atomic E-state index is 0.250. The van der Waals surface area contributed by atoms with Crippen LogP contribution >= 0.6 is 0 Å². The summed E-state index contributed by atoms with van der Waals surface area (Å²) in [5.74, 6) is -0.268. The van der Waals surface area contributed by atoms with Crippen LogP contribution in [0.3, 0.4) is 0 Å². The Morgan fingerprint density at radius 1 is 1.27 bits per heavy atom. The number of hydrogen-bond acceptors (Lipinski definition) is 5. The first-order valence-corrected chi connectivity index (χ1v) is 8.03. The molecule has 0 fully saturated rings. The van der Waals surface area contributed by atoms with Gasteiger partial charge in [-0.1, -0.05) is 18.2 Å². The smallest absolute Gasteiger partial charge is 0.251 e. The molecule has 2 aromatic carbocycles. The van der Waals surface area contributed by atoms with Crippen LogP contribution in [-0.4, -0.2) is 20.8 Å². The zero-order valence-corrected chi connectivity index (χ0v) is 13.9. The first-order valence-electron chi connectivity index (χ1n) is 8.03. The predicted molar refractivity (Wildman–Crippen MR) is 92.4 cm³/mol. The topological polar surface area (TPSA) is 99.9 Å². The molecule has 4 rings (SSSR count). The number of carbonyl (C=O) groups excluding carboxylic acids is 1. The zero-order chi connectivity index (χ0) is 18.1. The van der Waals surface area contributed by atoms with Gasteiger partial charge in [-0.2, -0.15) is 5.10 Å². The third kappa shape index (κ3) is 2.77. The number of carbonyl (C=O) groups is 1. The van der Waals surface area contributed by atoms with Gasteiger partial charge >= 0.3 is 0 Å². The van der Waals surface area contributed by atoms with Crippen molar-refractivity contribution < 1.29 is 14.3 Å². The Morgan fingerprint density at radius 2 is 2.12 bits per heavy atom. The third-order valence-corrected chi connectivity index (χ3v) is 4.15. The van der Waals surface area contributed by atoms with Crippen molar-refractivity contribution in [3.05, 3.63) is 77.3 Å². The van der Waals surface area contributed by atoms with Gasteiger partial charge in [0.05, 0.1) is 11.7 Å². The molecular formula is C18H15N5O3. The fourth-order valence-electron chi connectivity index (χ4n) is 2.85. The number of nitrogens with one attached hydrogen (secondary N) is 1. The summed E-state index contributed by atoms with van der Waals surface area (Å²) >= 11 is 0. The summed E-state index contributed by atoms with van der Waals surface area (Å²) < 4.78 is 6.28. The van der Waals surface area contributed by atoms with E-state index in [4.69, 9.17) is 0 Å². The summed E-state index contributed by atoms with van der Waals surface area (Å²) in [6.07, 6.45) is 3.56. The van der Waals surface area contributed by atoms with E-state index in [1.54, 1.807) is 16.9 Å². The fourth-order valence-corrected chi connectivity index (χ4v) is 2.85. The van der Waals surface area contributed by atoms with Crippen LogP contribution in [0.2, 0.25) is 0 Å². The van der Waals surface area contributed by atoms with Crippen molar-refractivity contribution in [2.75, 3.05) is 0 Å². The number of rotatable bonds is 4. The van der Waals surface area contributed by atoms with Crippen molar-refractivity contribution in [1.82, 2.24) is 20.3 Å². The highest BCUT2D eigenvalue weighted by atomic mass is 16.8. The molecule has 0 aliphatic heterocycles. The zero-order valence-electron chi connectivity index (χ0n) is 13.9. The molecule has 8 heteroatoms. The average Bonchev–Trinajstić information content (AvgIpc) is 3.32. The number of benzene rings is 2. The molecule has 1 unspecified atom stereocenters. The molecule has 8 nitrogen and oxygen atoms in total. The van der Waals surface area contributed by atoms with Crippen LogP contribution in [0.25, 0.3) is 16.7 Å².